The van der Waals surface area contributed by atoms with E-state index in [2.05, 4.69) is 21.2 Å². The predicted octanol–water partition coefficient (Wildman–Crippen LogP) is 4.09. The van der Waals surface area contributed by atoms with Crippen LogP contribution in [0.1, 0.15) is 5.69 Å². The second kappa shape index (κ2) is 8.97. The Morgan fingerprint density at radius 2 is 1.78 bits per heavy atom. The van der Waals surface area contributed by atoms with Crippen molar-refractivity contribution in [3.8, 4) is 17.2 Å². The van der Waals surface area contributed by atoms with E-state index >= 15 is 0 Å². The zero-order valence-electron chi connectivity index (χ0n) is 17.2. The molecule has 2 aromatic carbocycles. The van der Waals surface area contributed by atoms with E-state index in [0.29, 0.717) is 22.9 Å². The molecule has 1 aliphatic heterocycles. The summed E-state index contributed by atoms with van der Waals surface area (Å²) in [6, 6.07) is 16.3. The molecule has 0 atom stereocenters. The van der Waals surface area contributed by atoms with Crippen molar-refractivity contribution in [2.45, 2.75) is 0 Å². The molecule has 7 nitrogen and oxygen atoms in total. The van der Waals surface area contributed by atoms with E-state index in [9.17, 15) is 9.59 Å². The Kier molecular flexibility index (Phi) is 6.11. The highest BCUT2D eigenvalue weighted by Crippen LogP contribution is 2.34. The molecule has 32 heavy (non-hydrogen) atoms. The van der Waals surface area contributed by atoms with Crippen molar-refractivity contribution >= 4 is 56.8 Å². The quantitative estimate of drug-likeness (QED) is 0.317. The summed E-state index contributed by atoms with van der Waals surface area (Å²) in [7, 11) is 3.02. The van der Waals surface area contributed by atoms with Gasteiger partial charge in [-0.2, -0.15) is 0 Å². The molecule has 1 aliphatic rings. The number of carbonyl (C=O) groups is 2. The maximum Gasteiger partial charge on any atom is 0.270 e. The summed E-state index contributed by atoms with van der Waals surface area (Å²) in [6.45, 7) is 0. The highest BCUT2D eigenvalue weighted by atomic mass is 79.9. The molecule has 0 saturated carbocycles. The van der Waals surface area contributed by atoms with Crippen LogP contribution in [-0.4, -0.2) is 35.7 Å². The number of nitrogens with one attached hydrogen (secondary N) is 1. The van der Waals surface area contributed by atoms with Crippen LogP contribution in [0.25, 0.3) is 11.8 Å². The first kappa shape index (κ1) is 21.8. The van der Waals surface area contributed by atoms with Gasteiger partial charge in [-0.25, -0.2) is 4.90 Å². The molecule has 2 heterocycles. The van der Waals surface area contributed by atoms with Crippen molar-refractivity contribution in [1.82, 2.24) is 9.88 Å². The maximum absolute atomic E-state index is 13.4. The lowest BCUT2D eigenvalue weighted by molar-refractivity contribution is -0.122. The highest BCUT2D eigenvalue weighted by Gasteiger charge is 2.36. The second-order valence-corrected chi connectivity index (χ2v) is 8.08. The number of anilines is 1. The summed E-state index contributed by atoms with van der Waals surface area (Å²) in [5.41, 5.74) is 1.91. The summed E-state index contributed by atoms with van der Waals surface area (Å²) in [6.07, 6.45) is 3.40. The van der Waals surface area contributed by atoms with Crippen LogP contribution in [0.15, 0.2) is 70.8 Å². The van der Waals surface area contributed by atoms with Gasteiger partial charge in [-0.1, -0.05) is 15.9 Å². The number of amides is 2. The summed E-state index contributed by atoms with van der Waals surface area (Å²) >= 11 is 8.72. The third kappa shape index (κ3) is 4.04. The maximum atomic E-state index is 13.4. The molecule has 162 valence electrons. The van der Waals surface area contributed by atoms with Crippen molar-refractivity contribution in [2.75, 3.05) is 19.1 Å². The minimum Gasteiger partial charge on any atom is -0.497 e. The zero-order valence-corrected chi connectivity index (χ0v) is 19.6. The molecule has 0 bridgehead atoms. The largest absolute Gasteiger partial charge is 0.497 e. The summed E-state index contributed by atoms with van der Waals surface area (Å²) in [5, 5.41) is 2.57. The van der Waals surface area contributed by atoms with E-state index in [1.54, 1.807) is 24.3 Å². The summed E-state index contributed by atoms with van der Waals surface area (Å²) in [4.78, 5) is 27.3. The Labute approximate surface area is 198 Å². The minimum absolute atomic E-state index is 0.0242. The fraction of sp³-hybridized carbons (Fsp3) is 0.0870. The van der Waals surface area contributed by atoms with E-state index in [0.717, 1.165) is 10.2 Å². The third-order valence-corrected chi connectivity index (χ3v) is 5.72. The SMILES string of the molecule is COc1ccc(N2C(=O)/C(=C/c3cccn3-c3ccc(Br)cc3)C(=O)NC2=S)c(OC)c1. The lowest BCUT2D eigenvalue weighted by Gasteiger charge is -2.30. The summed E-state index contributed by atoms with van der Waals surface area (Å²) in [5.74, 6) is -0.167. The fourth-order valence-corrected chi connectivity index (χ4v) is 3.88. The van der Waals surface area contributed by atoms with Crippen molar-refractivity contribution in [3.63, 3.8) is 0 Å². The zero-order chi connectivity index (χ0) is 22.8. The first-order valence-corrected chi connectivity index (χ1v) is 10.7. The topological polar surface area (TPSA) is 72.8 Å². The molecule has 0 spiro atoms. The predicted molar refractivity (Wildman–Crippen MR) is 129 cm³/mol. The first-order chi connectivity index (χ1) is 15.4. The lowest BCUT2D eigenvalue weighted by atomic mass is 10.1. The molecule has 3 aromatic rings. The van der Waals surface area contributed by atoms with E-state index < -0.39 is 11.8 Å². The van der Waals surface area contributed by atoms with E-state index in [1.807, 2.05) is 47.2 Å². The van der Waals surface area contributed by atoms with Crippen molar-refractivity contribution < 1.29 is 19.1 Å². The van der Waals surface area contributed by atoms with E-state index in [4.69, 9.17) is 21.7 Å². The van der Waals surface area contributed by atoms with Crippen LogP contribution in [-0.2, 0) is 9.59 Å². The van der Waals surface area contributed by atoms with Gasteiger partial charge in [0, 0.05) is 28.1 Å². The van der Waals surface area contributed by atoms with Gasteiger partial charge in [0.15, 0.2) is 5.11 Å². The van der Waals surface area contributed by atoms with Gasteiger partial charge < -0.3 is 14.0 Å². The molecule has 1 fully saturated rings. The van der Waals surface area contributed by atoms with Crippen molar-refractivity contribution in [2.24, 2.45) is 0 Å². The van der Waals surface area contributed by atoms with Crippen LogP contribution in [0.3, 0.4) is 0 Å². The van der Waals surface area contributed by atoms with Gasteiger partial charge in [0.2, 0.25) is 0 Å². The first-order valence-electron chi connectivity index (χ1n) is 9.49. The van der Waals surface area contributed by atoms with Crippen LogP contribution in [0, 0.1) is 0 Å². The number of nitrogens with zero attached hydrogens (tertiary/aromatic N) is 2. The molecule has 0 unspecified atom stereocenters. The van der Waals surface area contributed by atoms with Crippen molar-refractivity contribution in [3.05, 3.63) is 76.5 Å². The normalized spacial score (nSPS) is 15.2. The number of benzene rings is 2. The number of aromatic nitrogens is 1. The standard InChI is InChI=1S/C23H18BrN3O4S/c1-30-17-9-10-19(20(13-17)31-2)27-22(29)18(21(28)25-23(27)32)12-16-4-3-11-26(16)15-7-5-14(24)6-8-15/h3-13H,1-2H3,(H,25,28,32)/b18-12+. The van der Waals surface area contributed by atoms with Crippen LogP contribution >= 0.6 is 28.1 Å². The molecule has 0 radical (unpaired) electrons. The van der Waals surface area contributed by atoms with Gasteiger partial charge in [-0.3, -0.25) is 14.9 Å². The number of hydrogen-bond donors (Lipinski definition) is 1. The third-order valence-electron chi connectivity index (χ3n) is 4.91. The Hall–Kier alpha value is -3.43. The van der Waals surface area contributed by atoms with Gasteiger partial charge in [0.05, 0.1) is 19.9 Å². The Bertz CT molecular complexity index is 1250. The monoisotopic (exact) mass is 511 g/mol. The second-order valence-electron chi connectivity index (χ2n) is 6.78. The minimum atomic E-state index is -0.563. The highest BCUT2D eigenvalue weighted by molar-refractivity contribution is 9.10. The molecule has 1 aromatic heterocycles. The number of rotatable bonds is 5. The molecule has 1 N–H and O–H groups in total. The smallest absolute Gasteiger partial charge is 0.270 e. The molecule has 2 amide bonds. The summed E-state index contributed by atoms with van der Waals surface area (Å²) < 4.78 is 13.5. The number of ether oxygens (including phenoxy) is 2. The molecule has 1 saturated heterocycles. The van der Waals surface area contributed by atoms with Crippen molar-refractivity contribution in [1.29, 1.82) is 0 Å². The average molecular weight is 512 g/mol. The Morgan fingerprint density at radius 3 is 2.47 bits per heavy atom. The van der Waals surface area contributed by atoms with E-state index in [-0.39, 0.29) is 10.7 Å². The van der Waals surface area contributed by atoms with Gasteiger partial charge >= 0.3 is 0 Å². The Balaban J connectivity index is 1.75. The molecular formula is C23H18BrN3O4S. The Morgan fingerprint density at radius 1 is 1.03 bits per heavy atom. The number of thiocarbonyl (C=S) groups is 1. The molecular weight excluding hydrogens is 494 g/mol. The van der Waals surface area contributed by atoms with Crippen LogP contribution < -0.4 is 19.7 Å². The average Bonchev–Trinajstić information content (AvgIpc) is 3.25. The van der Waals surface area contributed by atoms with Gasteiger partial charge in [-0.05, 0) is 66.8 Å². The van der Waals surface area contributed by atoms with Gasteiger partial charge in [0.25, 0.3) is 11.8 Å². The van der Waals surface area contributed by atoms with Gasteiger partial charge in [0.1, 0.15) is 17.1 Å². The van der Waals surface area contributed by atoms with Crippen LogP contribution in [0.4, 0.5) is 5.69 Å². The van der Waals surface area contributed by atoms with E-state index in [1.165, 1.54) is 19.1 Å². The van der Waals surface area contributed by atoms with Crippen LogP contribution in [0.5, 0.6) is 11.5 Å². The number of hydrogen-bond acceptors (Lipinski definition) is 5. The molecule has 9 heteroatoms. The number of methoxy groups -OCH3 is 2. The number of halogens is 1. The molecule has 4 rings (SSSR count). The van der Waals surface area contributed by atoms with Crippen LogP contribution in [0.2, 0.25) is 0 Å². The fourth-order valence-electron chi connectivity index (χ4n) is 3.34. The molecule has 0 aliphatic carbocycles. The number of carbonyl (C=O) groups excluding carboxylic acids is 2. The van der Waals surface area contributed by atoms with Gasteiger partial charge in [-0.15, -0.1) is 0 Å². The lowest BCUT2D eigenvalue weighted by Crippen LogP contribution is -2.54.